The second-order valence-electron chi connectivity index (χ2n) is 7.64. The fourth-order valence-electron chi connectivity index (χ4n) is 3.61. The van der Waals surface area contributed by atoms with Gasteiger partial charge in [0.25, 0.3) is 0 Å². The Balaban J connectivity index is 1.44. The lowest BCUT2D eigenvalue weighted by atomic mass is 10.0. The zero-order valence-electron chi connectivity index (χ0n) is 17.2. The second kappa shape index (κ2) is 9.80. The molecule has 2 aromatic carbocycles. The smallest absolute Gasteiger partial charge is 0.122 e. The Kier molecular flexibility index (Phi) is 7.18. The summed E-state index contributed by atoms with van der Waals surface area (Å²) >= 11 is 0. The van der Waals surface area contributed by atoms with Gasteiger partial charge in [-0.25, -0.2) is 0 Å². The number of methoxy groups -OCH3 is 1. The summed E-state index contributed by atoms with van der Waals surface area (Å²) in [5.41, 5.74) is 2.40. The van der Waals surface area contributed by atoms with E-state index >= 15 is 0 Å². The standard InChI is InChI=1S/C23H32N2O3/c1-18(2)22-6-4-5-7-23(22)28-17-20(26)16-24-12-14-25(15-13-24)19-8-10-21(27-3)11-9-19/h4-11,18,20,26H,12-17H2,1-3H3. The molecule has 1 heterocycles. The summed E-state index contributed by atoms with van der Waals surface area (Å²) < 4.78 is 11.1. The lowest BCUT2D eigenvalue weighted by Crippen LogP contribution is -2.49. The van der Waals surface area contributed by atoms with E-state index in [1.54, 1.807) is 7.11 Å². The molecule has 0 radical (unpaired) electrons. The normalized spacial score (nSPS) is 16.2. The van der Waals surface area contributed by atoms with Crippen LogP contribution in [0.2, 0.25) is 0 Å². The molecule has 2 aromatic rings. The Bertz CT molecular complexity index is 725. The number of para-hydroxylation sites is 1. The highest BCUT2D eigenvalue weighted by Gasteiger charge is 2.20. The third-order valence-corrected chi connectivity index (χ3v) is 5.25. The molecule has 28 heavy (non-hydrogen) atoms. The van der Waals surface area contributed by atoms with Crippen molar-refractivity contribution in [3.63, 3.8) is 0 Å². The summed E-state index contributed by atoms with van der Waals surface area (Å²) in [6.07, 6.45) is -0.493. The van der Waals surface area contributed by atoms with E-state index in [2.05, 4.69) is 41.8 Å². The van der Waals surface area contributed by atoms with E-state index in [0.717, 1.165) is 37.7 Å². The number of ether oxygens (including phenoxy) is 2. The van der Waals surface area contributed by atoms with Crippen molar-refractivity contribution in [1.82, 2.24) is 4.90 Å². The van der Waals surface area contributed by atoms with Crippen LogP contribution in [0.1, 0.15) is 25.3 Å². The molecule has 0 spiro atoms. The number of benzene rings is 2. The fraction of sp³-hybridized carbons (Fsp3) is 0.478. The maximum Gasteiger partial charge on any atom is 0.122 e. The van der Waals surface area contributed by atoms with E-state index in [1.807, 2.05) is 30.3 Å². The van der Waals surface area contributed by atoms with Crippen LogP contribution < -0.4 is 14.4 Å². The third kappa shape index (κ3) is 5.40. The first-order chi connectivity index (χ1) is 13.6. The van der Waals surface area contributed by atoms with Crippen LogP contribution in [-0.4, -0.2) is 62.6 Å². The predicted octanol–water partition coefficient (Wildman–Crippen LogP) is 3.38. The number of piperazine rings is 1. The van der Waals surface area contributed by atoms with Crippen LogP contribution in [0.4, 0.5) is 5.69 Å². The molecule has 152 valence electrons. The van der Waals surface area contributed by atoms with E-state index in [0.29, 0.717) is 19.1 Å². The molecule has 0 aromatic heterocycles. The highest BCUT2D eigenvalue weighted by Crippen LogP contribution is 2.26. The second-order valence-corrected chi connectivity index (χ2v) is 7.64. The highest BCUT2D eigenvalue weighted by atomic mass is 16.5. The van der Waals surface area contributed by atoms with E-state index in [1.165, 1.54) is 11.3 Å². The van der Waals surface area contributed by atoms with Gasteiger partial charge in [0.1, 0.15) is 24.2 Å². The number of anilines is 1. The van der Waals surface area contributed by atoms with Gasteiger partial charge in [-0.3, -0.25) is 4.90 Å². The molecule has 1 atom stereocenters. The van der Waals surface area contributed by atoms with Crippen molar-refractivity contribution in [2.75, 3.05) is 51.3 Å². The quantitative estimate of drug-likeness (QED) is 0.756. The van der Waals surface area contributed by atoms with Gasteiger partial charge in [0.05, 0.1) is 7.11 Å². The molecule has 5 nitrogen and oxygen atoms in total. The monoisotopic (exact) mass is 384 g/mol. The van der Waals surface area contributed by atoms with Crippen molar-refractivity contribution in [2.45, 2.75) is 25.9 Å². The molecule has 1 aliphatic rings. The summed E-state index contributed by atoms with van der Waals surface area (Å²) in [5.74, 6) is 2.16. The van der Waals surface area contributed by atoms with Crippen molar-refractivity contribution in [3.05, 3.63) is 54.1 Å². The van der Waals surface area contributed by atoms with Crippen molar-refractivity contribution in [1.29, 1.82) is 0 Å². The number of β-amino-alcohol motifs (C(OH)–C–C–N with tert-alkyl or cyclic N) is 1. The van der Waals surface area contributed by atoms with Gasteiger partial charge in [-0.05, 0) is 41.8 Å². The Morgan fingerprint density at radius 3 is 2.29 bits per heavy atom. The van der Waals surface area contributed by atoms with Gasteiger partial charge in [-0.2, -0.15) is 0 Å². The van der Waals surface area contributed by atoms with Gasteiger partial charge in [-0.1, -0.05) is 32.0 Å². The fourth-order valence-corrected chi connectivity index (χ4v) is 3.61. The van der Waals surface area contributed by atoms with Crippen LogP contribution in [-0.2, 0) is 0 Å². The minimum Gasteiger partial charge on any atom is -0.497 e. The van der Waals surface area contributed by atoms with Crippen LogP contribution in [0.15, 0.2) is 48.5 Å². The molecular weight excluding hydrogens is 352 g/mol. The molecule has 1 aliphatic heterocycles. The van der Waals surface area contributed by atoms with Crippen LogP contribution in [0.3, 0.4) is 0 Å². The minimum atomic E-state index is -0.493. The van der Waals surface area contributed by atoms with E-state index in [9.17, 15) is 5.11 Å². The number of hydrogen-bond acceptors (Lipinski definition) is 5. The van der Waals surface area contributed by atoms with Crippen molar-refractivity contribution in [3.8, 4) is 11.5 Å². The molecule has 0 saturated carbocycles. The maximum absolute atomic E-state index is 10.4. The zero-order chi connectivity index (χ0) is 19.9. The summed E-state index contributed by atoms with van der Waals surface area (Å²) in [7, 11) is 1.68. The van der Waals surface area contributed by atoms with Crippen LogP contribution >= 0.6 is 0 Å². The topological polar surface area (TPSA) is 45.2 Å². The zero-order valence-corrected chi connectivity index (χ0v) is 17.2. The van der Waals surface area contributed by atoms with E-state index < -0.39 is 6.10 Å². The Morgan fingerprint density at radius 1 is 0.964 bits per heavy atom. The summed E-state index contributed by atoms with van der Waals surface area (Å²) in [6.45, 7) is 9.05. The lowest BCUT2D eigenvalue weighted by Gasteiger charge is -2.37. The largest absolute Gasteiger partial charge is 0.497 e. The third-order valence-electron chi connectivity index (χ3n) is 5.25. The number of rotatable bonds is 8. The number of aliphatic hydroxyl groups is 1. The van der Waals surface area contributed by atoms with Crippen molar-refractivity contribution < 1.29 is 14.6 Å². The van der Waals surface area contributed by atoms with E-state index in [4.69, 9.17) is 9.47 Å². The Hall–Kier alpha value is -2.24. The molecule has 1 N–H and O–H groups in total. The molecule has 0 bridgehead atoms. The average Bonchev–Trinajstić information content (AvgIpc) is 2.73. The van der Waals surface area contributed by atoms with Gasteiger partial charge in [-0.15, -0.1) is 0 Å². The van der Waals surface area contributed by atoms with Crippen molar-refractivity contribution >= 4 is 5.69 Å². The molecule has 1 saturated heterocycles. The summed E-state index contributed by atoms with van der Waals surface area (Å²) in [5, 5.41) is 10.4. The first kappa shape index (κ1) is 20.5. The van der Waals surface area contributed by atoms with Gasteiger partial charge in [0.15, 0.2) is 0 Å². The highest BCUT2D eigenvalue weighted by molar-refractivity contribution is 5.49. The van der Waals surface area contributed by atoms with Crippen LogP contribution in [0, 0.1) is 0 Å². The minimum absolute atomic E-state index is 0.322. The van der Waals surface area contributed by atoms with Gasteiger partial charge >= 0.3 is 0 Å². The van der Waals surface area contributed by atoms with Crippen LogP contribution in [0.5, 0.6) is 11.5 Å². The number of hydrogen-bond donors (Lipinski definition) is 1. The first-order valence-electron chi connectivity index (χ1n) is 10.1. The van der Waals surface area contributed by atoms with Crippen LogP contribution in [0.25, 0.3) is 0 Å². The molecular formula is C23H32N2O3. The van der Waals surface area contributed by atoms with E-state index in [-0.39, 0.29) is 0 Å². The maximum atomic E-state index is 10.4. The summed E-state index contributed by atoms with van der Waals surface area (Å²) in [4.78, 5) is 4.68. The number of nitrogens with zero attached hydrogens (tertiary/aromatic N) is 2. The average molecular weight is 385 g/mol. The molecule has 1 unspecified atom stereocenters. The number of aliphatic hydroxyl groups excluding tert-OH is 1. The summed E-state index contributed by atoms with van der Waals surface area (Å²) in [6, 6.07) is 16.3. The molecule has 3 rings (SSSR count). The Labute approximate surface area is 168 Å². The van der Waals surface area contributed by atoms with Gasteiger partial charge in [0.2, 0.25) is 0 Å². The van der Waals surface area contributed by atoms with Gasteiger partial charge < -0.3 is 19.5 Å². The lowest BCUT2D eigenvalue weighted by molar-refractivity contribution is 0.0659. The SMILES string of the molecule is COc1ccc(N2CCN(CC(O)COc3ccccc3C(C)C)CC2)cc1. The first-order valence-corrected chi connectivity index (χ1v) is 10.1. The predicted molar refractivity (Wildman–Crippen MR) is 114 cm³/mol. The molecule has 0 aliphatic carbocycles. The van der Waals surface area contributed by atoms with Crippen molar-refractivity contribution in [2.24, 2.45) is 0 Å². The molecule has 5 heteroatoms. The Morgan fingerprint density at radius 2 is 1.64 bits per heavy atom. The van der Waals surface area contributed by atoms with Gasteiger partial charge in [0, 0.05) is 38.4 Å². The molecule has 1 fully saturated rings. The molecule has 0 amide bonds.